The molecule has 0 unspecified atom stereocenters. The highest BCUT2D eigenvalue weighted by Gasteiger charge is 2.12. The number of hydrogen-bond donors (Lipinski definition) is 1. The number of aromatic nitrogens is 1. The second-order valence-corrected chi connectivity index (χ2v) is 4.72. The molecule has 0 bridgehead atoms. The zero-order valence-electron chi connectivity index (χ0n) is 8.36. The third-order valence-corrected chi connectivity index (χ3v) is 3.41. The molecule has 0 atom stereocenters. The van der Waals surface area contributed by atoms with Gasteiger partial charge in [0.25, 0.3) is 0 Å². The maximum absolute atomic E-state index is 5.73. The monoisotopic (exact) mass is 209 g/mol. The van der Waals surface area contributed by atoms with Gasteiger partial charge in [0.1, 0.15) is 5.82 Å². The van der Waals surface area contributed by atoms with Crippen LogP contribution in [0.2, 0.25) is 0 Å². The lowest BCUT2D eigenvalue weighted by Crippen LogP contribution is -2.33. The minimum absolute atomic E-state index is 0.778. The van der Waals surface area contributed by atoms with Crippen LogP contribution in [0.3, 0.4) is 0 Å². The van der Waals surface area contributed by atoms with E-state index in [1.807, 2.05) is 18.7 Å². The van der Waals surface area contributed by atoms with Gasteiger partial charge in [-0.25, -0.2) is 4.98 Å². The molecular weight excluding hydrogens is 194 g/mol. The Labute approximate surface area is 88.7 Å². The second-order valence-electron chi connectivity index (χ2n) is 3.50. The van der Waals surface area contributed by atoms with Gasteiger partial charge in [-0.1, -0.05) is 0 Å². The summed E-state index contributed by atoms with van der Waals surface area (Å²) in [5.41, 5.74) is 7.63. The standard InChI is InChI=1S/C10H15N3S/c1-8-6-10(12-7-9(8)11)13-2-4-14-5-3-13/h6-7H,2-5,11H2,1H3. The van der Waals surface area contributed by atoms with Crippen LogP contribution in [0.4, 0.5) is 11.5 Å². The van der Waals surface area contributed by atoms with Crippen molar-refractivity contribution < 1.29 is 0 Å². The smallest absolute Gasteiger partial charge is 0.128 e. The summed E-state index contributed by atoms with van der Waals surface area (Å²) in [7, 11) is 0. The fraction of sp³-hybridized carbons (Fsp3) is 0.500. The van der Waals surface area contributed by atoms with Crippen molar-refractivity contribution in [2.24, 2.45) is 0 Å². The van der Waals surface area contributed by atoms with Crippen LogP contribution in [0.5, 0.6) is 0 Å². The normalized spacial score (nSPS) is 17.1. The first-order valence-corrected chi connectivity index (χ1v) is 5.97. The van der Waals surface area contributed by atoms with E-state index in [0.717, 1.165) is 30.2 Å². The number of rotatable bonds is 1. The number of thioether (sulfide) groups is 1. The zero-order chi connectivity index (χ0) is 9.97. The van der Waals surface area contributed by atoms with E-state index in [9.17, 15) is 0 Å². The Balaban J connectivity index is 2.18. The Bertz CT molecular complexity index is 321. The maximum Gasteiger partial charge on any atom is 0.128 e. The molecule has 0 saturated carbocycles. The van der Waals surface area contributed by atoms with E-state index in [1.54, 1.807) is 6.20 Å². The van der Waals surface area contributed by atoms with Crippen LogP contribution in [-0.4, -0.2) is 29.6 Å². The molecule has 2 heterocycles. The van der Waals surface area contributed by atoms with Gasteiger partial charge in [-0.3, -0.25) is 0 Å². The first-order valence-electron chi connectivity index (χ1n) is 4.82. The molecule has 2 N–H and O–H groups in total. The first kappa shape index (κ1) is 9.65. The molecule has 0 spiro atoms. The lowest BCUT2D eigenvalue weighted by molar-refractivity contribution is 0.839. The van der Waals surface area contributed by atoms with Gasteiger partial charge in [0, 0.05) is 24.6 Å². The molecule has 1 aliphatic rings. The van der Waals surface area contributed by atoms with Gasteiger partial charge >= 0.3 is 0 Å². The molecule has 0 radical (unpaired) electrons. The number of aryl methyl sites for hydroxylation is 1. The summed E-state index contributed by atoms with van der Waals surface area (Å²) >= 11 is 2.01. The molecule has 2 rings (SSSR count). The van der Waals surface area contributed by atoms with Crippen molar-refractivity contribution in [3.05, 3.63) is 17.8 Å². The Morgan fingerprint density at radius 3 is 2.79 bits per heavy atom. The van der Waals surface area contributed by atoms with Crippen molar-refractivity contribution in [3.8, 4) is 0 Å². The highest BCUT2D eigenvalue weighted by molar-refractivity contribution is 7.99. The van der Waals surface area contributed by atoms with Crippen molar-refractivity contribution in [2.75, 3.05) is 35.2 Å². The average Bonchev–Trinajstić information content (AvgIpc) is 2.23. The Morgan fingerprint density at radius 2 is 2.14 bits per heavy atom. The summed E-state index contributed by atoms with van der Waals surface area (Å²) in [6, 6.07) is 2.07. The SMILES string of the molecule is Cc1cc(N2CCSCC2)ncc1N. The van der Waals surface area contributed by atoms with Crippen LogP contribution in [0, 0.1) is 6.92 Å². The van der Waals surface area contributed by atoms with E-state index in [1.165, 1.54) is 11.5 Å². The highest BCUT2D eigenvalue weighted by atomic mass is 32.2. The molecule has 1 aliphatic heterocycles. The van der Waals surface area contributed by atoms with E-state index >= 15 is 0 Å². The van der Waals surface area contributed by atoms with Gasteiger partial charge < -0.3 is 10.6 Å². The number of nitrogens with two attached hydrogens (primary N) is 1. The summed E-state index contributed by atoms with van der Waals surface area (Å²) in [4.78, 5) is 6.68. The van der Waals surface area contributed by atoms with Crippen LogP contribution in [0.15, 0.2) is 12.3 Å². The predicted molar refractivity (Wildman–Crippen MR) is 62.9 cm³/mol. The minimum Gasteiger partial charge on any atom is -0.397 e. The number of anilines is 2. The topological polar surface area (TPSA) is 42.2 Å². The van der Waals surface area contributed by atoms with Crippen LogP contribution >= 0.6 is 11.8 Å². The first-order chi connectivity index (χ1) is 6.77. The van der Waals surface area contributed by atoms with Gasteiger partial charge in [0.05, 0.1) is 11.9 Å². The Morgan fingerprint density at radius 1 is 1.43 bits per heavy atom. The third kappa shape index (κ3) is 1.95. The number of nitrogens with zero attached hydrogens (tertiary/aromatic N) is 2. The summed E-state index contributed by atoms with van der Waals surface area (Å²) in [6.45, 7) is 4.22. The fourth-order valence-corrected chi connectivity index (χ4v) is 2.42. The molecule has 14 heavy (non-hydrogen) atoms. The largest absolute Gasteiger partial charge is 0.397 e. The molecule has 1 fully saturated rings. The number of hydrogen-bond acceptors (Lipinski definition) is 4. The van der Waals surface area contributed by atoms with Crippen LogP contribution in [0.25, 0.3) is 0 Å². The highest BCUT2D eigenvalue weighted by Crippen LogP contribution is 2.20. The Kier molecular flexibility index (Phi) is 2.82. The van der Waals surface area contributed by atoms with Gasteiger partial charge in [0.15, 0.2) is 0 Å². The predicted octanol–water partition coefficient (Wildman–Crippen LogP) is 1.53. The molecule has 1 saturated heterocycles. The van der Waals surface area contributed by atoms with Gasteiger partial charge in [-0.05, 0) is 18.6 Å². The van der Waals surface area contributed by atoms with E-state index < -0.39 is 0 Å². The van der Waals surface area contributed by atoms with Gasteiger partial charge in [-0.2, -0.15) is 11.8 Å². The summed E-state index contributed by atoms with van der Waals surface area (Å²) in [5, 5.41) is 0. The fourth-order valence-electron chi connectivity index (χ4n) is 1.52. The lowest BCUT2D eigenvalue weighted by Gasteiger charge is -2.27. The Hall–Kier alpha value is -0.900. The quantitative estimate of drug-likeness (QED) is 0.761. The molecule has 0 aromatic carbocycles. The van der Waals surface area contributed by atoms with Crippen LogP contribution in [0.1, 0.15) is 5.56 Å². The molecule has 1 aromatic heterocycles. The molecule has 4 heteroatoms. The summed E-state index contributed by atoms with van der Waals surface area (Å²) in [6.07, 6.45) is 1.76. The van der Waals surface area contributed by atoms with Crippen molar-refractivity contribution in [2.45, 2.75) is 6.92 Å². The van der Waals surface area contributed by atoms with Crippen LogP contribution < -0.4 is 10.6 Å². The lowest BCUT2D eigenvalue weighted by atomic mass is 10.2. The zero-order valence-corrected chi connectivity index (χ0v) is 9.18. The van der Waals surface area contributed by atoms with E-state index in [4.69, 9.17) is 5.73 Å². The molecule has 3 nitrogen and oxygen atoms in total. The molecule has 76 valence electrons. The van der Waals surface area contributed by atoms with Gasteiger partial charge in [0.2, 0.25) is 0 Å². The maximum atomic E-state index is 5.73. The van der Waals surface area contributed by atoms with E-state index in [2.05, 4.69) is 16.0 Å². The van der Waals surface area contributed by atoms with Crippen LogP contribution in [-0.2, 0) is 0 Å². The second kappa shape index (κ2) is 4.09. The van der Waals surface area contributed by atoms with E-state index in [-0.39, 0.29) is 0 Å². The molecular formula is C10H15N3S. The minimum atomic E-state index is 0.778. The van der Waals surface area contributed by atoms with Crippen molar-refractivity contribution in [1.82, 2.24) is 4.98 Å². The van der Waals surface area contributed by atoms with Crippen molar-refractivity contribution >= 4 is 23.3 Å². The van der Waals surface area contributed by atoms with Gasteiger partial charge in [-0.15, -0.1) is 0 Å². The third-order valence-electron chi connectivity index (χ3n) is 2.47. The summed E-state index contributed by atoms with van der Waals surface area (Å²) in [5.74, 6) is 3.47. The number of nitrogen functional groups attached to an aromatic ring is 1. The van der Waals surface area contributed by atoms with Crippen molar-refractivity contribution in [1.29, 1.82) is 0 Å². The number of pyridine rings is 1. The summed E-state index contributed by atoms with van der Waals surface area (Å²) < 4.78 is 0. The molecule has 1 aromatic rings. The molecule has 0 aliphatic carbocycles. The van der Waals surface area contributed by atoms with E-state index in [0.29, 0.717) is 0 Å². The average molecular weight is 209 g/mol. The molecule has 0 amide bonds. The van der Waals surface area contributed by atoms with Crippen molar-refractivity contribution in [3.63, 3.8) is 0 Å².